The highest BCUT2D eigenvalue weighted by Gasteiger charge is 2.31. The summed E-state index contributed by atoms with van der Waals surface area (Å²) in [5, 5.41) is 3.87. The number of hydrogen-bond acceptors (Lipinski definition) is 3. The van der Waals surface area contributed by atoms with Crippen molar-refractivity contribution in [2.75, 3.05) is 0 Å². The Kier molecular flexibility index (Phi) is 5.53. The summed E-state index contributed by atoms with van der Waals surface area (Å²) in [6, 6.07) is 15.9. The molecular formula is C25H20F3N2O3+. The van der Waals surface area contributed by atoms with Crippen LogP contribution in [-0.2, 0) is 15.8 Å². The lowest BCUT2D eigenvalue weighted by atomic mass is 10.0. The third-order valence-electron chi connectivity index (χ3n) is 5.34. The lowest BCUT2D eigenvalue weighted by molar-refractivity contribution is -0.722. The summed E-state index contributed by atoms with van der Waals surface area (Å²) in [4.78, 5) is 28.6. The zero-order chi connectivity index (χ0) is 23.9. The number of carbonyl (C=O) groups is 2. The number of benzene rings is 3. The Balaban J connectivity index is 1.96. The van der Waals surface area contributed by atoms with Gasteiger partial charge in [-0.25, -0.2) is 9.63 Å². The highest BCUT2D eigenvalue weighted by molar-refractivity contribution is 6.43. The molecule has 4 aromatic rings. The minimum atomic E-state index is -4.47. The number of carbonyl (C=O) groups excluding carboxylic acids is 2. The van der Waals surface area contributed by atoms with Crippen LogP contribution in [0.25, 0.3) is 27.5 Å². The first-order valence-electron chi connectivity index (χ1n) is 10.1. The molecule has 0 unspecified atom stereocenters. The lowest BCUT2D eigenvalue weighted by Crippen LogP contribution is -2.73. The first-order valence-corrected chi connectivity index (χ1v) is 10.1. The zero-order valence-electron chi connectivity index (χ0n) is 18.1. The Hall–Kier alpha value is -3.94. The van der Waals surface area contributed by atoms with Crippen molar-refractivity contribution in [2.24, 2.45) is 0 Å². The van der Waals surface area contributed by atoms with Crippen LogP contribution >= 0.6 is 0 Å². The normalized spacial score (nSPS) is 12.4. The van der Waals surface area contributed by atoms with Gasteiger partial charge in [-0.05, 0) is 54.0 Å². The van der Waals surface area contributed by atoms with Crippen LogP contribution in [0, 0.1) is 6.92 Å². The molecule has 0 spiro atoms. The van der Waals surface area contributed by atoms with Crippen molar-refractivity contribution in [2.45, 2.75) is 26.9 Å². The molecule has 1 heterocycles. The molecule has 0 aliphatic rings. The maximum atomic E-state index is 13.4. The van der Waals surface area contributed by atoms with E-state index in [0.717, 1.165) is 28.4 Å². The Morgan fingerprint density at radius 2 is 1.67 bits per heavy atom. The Morgan fingerprint density at radius 1 is 0.939 bits per heavy atom. The number of nitrogens with zero attached hydrogens (tertiary/aromatic N) is 1. The average Bonchev–Trinajstić information content (AvgIpc) is 3.11. The highest BCUT2D eigenvalue weighted by Crippen LogP contribution is 2.36. The predicted octanol–water partition coefficient (Wildman–Crippen LogP) is 4.31. The van der Waals surface area contributed by atoms with Gasteiger partial charge in [0.05, 0.1) is 16.6 Å². The third-order valence-corrected chi connectivity index (χ3v) is 5.34. The fourth-order valence-corrected chi connectivity index (χ4v) is 3.93. The van der Waals surface area contributed by atoms with Crippen molar-refractivity contribution >= 4 is 39.3 Å². The van der Waals surface area contributed by atoms with Crippen molar-refractivity contribution in [1.82, 2.24) is 4.57 Å². The van der Waals surface area contributed by atoms with Gasteiger partial charge in [0.2, 0.25) is 0 Å². The van der Waals surface area contributed by atoms with E-state index in [2.05, 4.69) is 5.16 Å². The molecule has 0 saturated carbocycles. The van der Waals surface area contributed by atoms with Gasteiger partial charge in [-0.2, -0.15) is 13.2 Å². The maximum absolute atomic E-state index is 13.4. The summed E-state index contributed by atoms with van der Waals surface area (Å²) in [6.07, 6.45) is -4.47. The number of aryl methyl sites for hydroxylation is 1. The number of hydrogen-bond donors (Lipinski definition) is 1. The minimum Gasteiger partial charge on any atom is -0.309 e. The largest absolute Gasteiger partial charge is 0.416 e. The Morgan fingerprint density at radius 3 is 2.36 bits per heavy atom. The Bertz CT molecular complexity index is 1450. The zero-order valence-corrected chi connectivity index (χ0v) is 18.1. The van der Waals surface area contributed by atoms with E-state index in [9.17, 15) is 22.8 Å². The topological polar surface area (TPSA) is 62.3 Å². The molecule has 1 N–H and O–H groups in total. The van der Waals surface area contributed by atoms with Crippen LogP contribution in [0.1, 0.15) is 35.3 Å². The number of para-hydroxylation sites is 1. The number of Topliss-reactive ketones (excluding diaryl/α,β-unsaturated/α-hetero) is 1. The monoisotopic (exact) mass is 453 g/mol. The summed E-state index contributed by atoms with van der Waals surface area (Å²) in [7, 11) is 0. The molecule has 0 fully saturated rings. The van der Waals surface area contributed by atoms with Gasteiger partial charge in [-0.1, -0.05) is 24.3 Å². The maximum Gasteiger partial charge on any atom is 0.416 e. The van der Waals surface area contributed by atoms with E-state index in [1.54, 1.807) is 29.7 Å². The second-order valence-electron chi connectivity index (χ2n) is 7.74. The van der Waals surface area contributed by atoms with Crippen LogP contribution in [0.5, 0.6) is 0 Å². The van der Waals surface area contributed by atoms with Crippen molar-refractivity contribution < 1.29 is 32.8 Å². The van der Waals surface area contributed by atoms with Crippen molar-refractivity contribution in [3.8, 4) is 5.69 Å². The van der Waals surface area contributed by atoms with Gasteiger partial charge in [0.1, 0.15) is 0 Å². The fourth-order valence-electron chi connectivity index (χ4n) is 3.93. The first-order chi connectivity index (χ1) is 15.6. The summed E-state index contributed by atoms with van der Waals surface area (Å²) in [6.45, 7) is 4.51. The van der Waals surface area contributed by atoms with E-state index in [1.165, 1.54) is 19.9 Å². The van der Waals surface area contributed by atoms with Crippen LogP contribution in [-0.4, -0.2) is 22.0 Å². The first kappa shape index (κ1) is 22.3. The molecule has 8 heteroatoms. The van der Waals surface area contributed by atoms with Gasteiger partial charge in [0.15, 0.2) is 0 Å². The van der Waals surface area contributed by atoms with Crippen LogP contribution in [0.3, 0.4) is 0 Å². The van der Waals surface area contributed by atoms with Crippen LogP contribution in [0.15, 0.2) is 60.7 Å². The van der Waals surface area contributed by atoms with Gasteiger partial charge in [-0.3, -0.25) is 4.79 Å². The van der Waals surface area contributed by atoms with Gasteiger partial charge in [0.25, 0.3) is 11.5 Å². The molecule has 0 aliphatic heterocycles. The third kappa shape index (κ3) is 4.11. The molecule has 0 bridgehead atoms. The van der Waals surface area contributed by atoms with Gasteiger partial charge in [-0.15, -0.1) is 0 Å². The SMILES string of the molecule is CC(=O)O[NH+]=C(C)C(=O)c1cc(C)c2c(c1)c1ccccc1n2-c1cccc(C(F)(F)F)c1. The summed E-state index contributed by atoms with van der Waals surface area (Å²) >= 11 is 0. The van der Waals surface area contributed by atoms with Crippen LogP contribution < -0.4 is 5.16 Å². The smallest absolute Gasteiger partial charge is 0.309 e. The second-order valence-corrected chi connectivity index (χ2v) is 7.74. The second kappa shape index (κ2) is 8.20. The molecule has 0 radical (unpaired) electrons. The number of fused-ring (bicyclic) bond motifs is 3. The molecule has 4 rings (SSSR count). The molecule has 3 aromatic carbocycles. The Labute approximate surface area is 187 Å². The van der Waals surface area contributed by atoms with Crippen molar-refractivity contribution in [1.29, 1.82) is 0 Å². The van der Waals surface area contributed by atoms with E-state index < -0.39 is 17.7 Å². The number of nitrogens with one attached hydrogen (secondary N) is 1. The van der Waals surface area contributed by atoms with E-state index in [-0.39, 0.29) is 11.5 Å². The lowest BCUT2D eigenvalue weighted by Gasteiger charge is -2.13. The van der Waals surface area contributed by atoms with E-state index in [1.807, 2.05) is 24.3 Å². The average molecular weight is 453 g/mol. The molecule has 1 aromatic heterocycles. The highest BCUT2D eigenvalue weighted by atomic mass is 19.4. The van der Waals surface area contributed by atoms with Crippen LogP contribution in [0.4, 0.5) is 13.2 Å². The number of rotatable bonds is 4. The van der Waals surface area contributed by atoms with Crippen molar-refractivity contribution in [3.63, 3.8) is 0 Å². The predicted molar refractivity (Wildman–Crippen MR) is 118 cm³/mol. The summed E-state index contributed by atoms with van der Waals surface area (Å²) in [5.74, 6) is -0.949. The van der Waals surface area contributed by atoms with Gasteiger partial charge in [0, 0.05) is 35.9 Å². The molecule has 0 atom stereocenters. The molecule has 5 nitrogen and oxygen atoms in total. The van der Waals surface area contributed by atoms with Gasteiger partial charge >= 0.3 is 12.1 Å². The molecule has 0 saturated heterocycles. The van der Waals surface area contributed by atoms with E-state index >= 15 is 0 Å². The summed E-state index contributed by atoms with van der Waals surface area (Å²) < 4.78 is 41.9. The molecule has 168 valence electrons. The molecule has 0 aliphatic carbocycles. The molecule has 0 amide bonds. The standard InChI is InChI=1S/C25H19F3N2O3/c1-14-11-17(24(32)15(2)29-33-16(3)31)12-21-20-9-4-5-10-22(20)30(23(14)21)19-8-6-7-18(13-19)25(26,27)28/h4-13H,1-3H3/p+1. The number of aromatic nitrogens is 1. The van der Waals surface area contributed by atoms with E-state index in [0.29, 0.717) is 22.3 Å². The number of halogens is 3. The van der Waals surface area contributed by atoms with Gasteiger partial charge < -0.3 is 4.57 Å². The number of alkyl halides is 3. The molecule has 33 heavy (non-hydrogen) atoms. The van der Waals surface area contributed by atoms with E-state index in [4.69, 9.17) is 4.84 Å². The van der Waals surface area contributed by atoms with Crippen molar-refractivity contribution in [3.05, 3.63) is 77.4 Å². The fraction of sp³-hybridized carbons (Fsp3) is 0.160. The quantitative estimate of drug-likeness (QED) is 0.217. The molecular weight excluding hydrogens is 433 g/mol. The summed E-state index contributed by atoms with van der Waals surface area (Å²) in [5.41, 5.74) is 2.27. The van der Waals surface area contributed by atoms with Crippen LogP contribution in [0.2, 0.25) is 0 Å². The number of ketones is 1. The minimum absolute atomic E-state index is 0.130.